The third kappa shape index (κ3) is 4.52. The van der Waals surface area contributed by atoms with Gasteiger partial charge < -0.3 is 0 Å². The van der Waals surface area contributed by atoms with Crippen molar-refractivity contribution >= 4 is 11.6 Å². The number of rotatable bonds is 6. The van der Waals surface area contributed by atoms with E-state index in [1.807, 2.05) is 0 Å². The Morgan fingerprint density at radius 1 is 0.824 bits per heavy atom. The Morgan fingerprint density at radius 2 is 1.65 bits per heavy atom. The lowest BCUT2D eigenvalue weighted by Crippen LogP contribution is -2.09. The minimum Gasteiger partial charge on any atom is -0.0949 e. The fourth-order valence-electron chi connectivity index (χ4n) is 6.76. The average Bonchev–Trinajstić information content (AvgIpc) is 3.50. The second-order valence-electron chi connectivity index (χ2n) is 11.1. The molecule has 4 aliphatic carbocycles. The molecule has 174 valence electrons. The average molecular weight is 447 g/mol. The van der Waals surface area contributed by atoms with Crippen LogP contribution >= 0.6 is 0 Å². The Morgan fingerprint density at radius 3 is 2.53 bits per heavy atom. The molecule has 1 fully saturated rings. The van der Waals surface area contributed by atoms with Crippen molar-refractivity contribution in [3.05, 3.63) is 105 Å². The van der Waals surface area contributed by atoms with Crippen LogP contribution in [0, 0.1) is 5.92 Å². The highest BCUT2D eigenvalue weighted by atomic mass is 14.3. The van der Waals surface area contributed by atoms with Crippen LogP contribution in [-0.2, 0) is 25.7 Å². The van der Waals surface area contributed by atoms with Gasteiger partial charge >= 0.3 is 0 Å². The van der Waals surface area contributed by atoms with Gasteiger partial charge in [-0.25, -0.2) is 0 Å². The van der Waals surface area contributed by atoms with Crippen LogP contribution in [0.4, 0.5) is 0 Å². The fraction of sp³-hybridized carbons (Fsp3) is 0.412. The number of hydrogen-bond donors (Lipinski definition) is 0. The summed E-state index contributed by atoms with van der Waals surface area (Å²) in [5.74, 6) is 0.901. The Labute approximate surface area is 206 Å². The number of aryl methyl sites for hydroxylation is 2. The molecule has 0 aliphatic heterocycles. The predicted molar refractivity (Wildman–Crippen MR) is 146 cm³/mol. The summed E-state index contributed by atoms with van der Waals surface area (Å²) >= 11 is 0. The summed E-state index contributed by atoms with van der Waals surface area (Å²) in [6.45, 7) is 4.52. The molecule has 0 unspecified atom stereocenters. The van der Waals surface area contributed by atoms with Gasteiger partial charge in [-0.3, -0.25) is 0 Å². The monoisotopic (exact) mass is 446 g/mol. The molecule has 1 saturated carbocycles. The number of allylic oxidation sites excluding steroid dienone is 6. The highest BCUT2D eigenvalue weighted by Crippen LogP contribution is 2.39. The number of fused-ring (bicyclic) bond motifs is 2. The van der Waals surface area contributed by atoms with Crippen LogP contribution in [0.5, 0.6) is 0 Å². The maximum Gasteiger partial charge on any atom is -0.00137 e. The van der Waals surface area contributed by atoms with E-state index in [2.05, 4.69) is 61.2 Å². The van der Waals surface area contributed by atoms with E-state index in [4.69, 9.17) is 0 Å². The first-order valence-corrected chi connectivity index (χ1v) is 13.8. The molecular weight excluding hydrogens is 408 g/mol. The molecule has 0 spiro atoms. The van der Waals surface area contributed by atoms with Crippen molar-refractivity contribution in [2.24, 2.45) is 5.92 Å². The molecule has 0 heterocycles. The zero-order chi connectivity index (χ0) is 22.9. The van der Waals surface area contributed by atoms with E-state index in [0.717, 1.165) is 25.2 Å². The molecular formula is C34H38. The van der Waals surface area contributed by atoms with Crippen LogP contribution in [0.15, 0.2) is 71.8 Å². The summed E-state index contributed by atoms with van der Waals surface area (Å²) in [5, 5.41) is 0. The molecule has 0 N–H and O–H groups in total. The summed E-state index contributed by atoms with van der Waals surface area (Å²) in [5.41, 5.74) is 14.7. The van der Waals surface area contributed by atoms with Crippen LogP contribution in [0.2, 0.25) is 0 Å². The van der Waals surface area contributed by atoms with Crippen molar-refractivity contribution in [1.29, 1.82) is 0 Å². The maximum atomic E-state index is 4.52. The molecule has 0 nitrogen and oxygen atoms in total. The number of benzene rings is 2. The third-order valence-corrected chi connectivity index (χ3v) is 8.71. The van der Waals surface area contributed by atoms with E-state index in [0.29, 0.717) is 0 Å². The van der Waals surface area contributed by atoms with E-state index in [-0.39, 0.29) is 0 Å². The molecule has 0 bridgehead atoms. The maximum absolute atomic E-state index is 4.52. The van der Waals surface area contributed by atoms with E-state index in [1.165, 1.54) is 103 Å². The Hall–Kier alpha value is -2.60. The molecule has 6 rings (SSSR count). The minimum absolute atomic E-state index is 0.901. The topological polar surface area (TPSA) is 0 Å². The summed E-state index contributed by atoms with van der Waals surface area (Å²) in [6.07, 6.45) is 24.0. The highest BCUT2D eigenvalue weighted by Gasteiger charge is 2.22. The first-order valence-electron chi connectivity index (χ1n) is 13.8. The SMILES string of the molecule is C=C(CC1=CCC=C1C1=Cc2cc(CC3CCCCC3)ccc2C1)c1ccc2c(c1)CCCC2. The molecule has 0 saturated heterocycles. The highest BCUT2D eigenvalue weighted by molar-refractivity contribution is 5.75. The zero-order valence-electron chi connectivity index (χ0n) is 20.7. The van der Waals surface area contributed by atoms with E-state index >= 15 is 0 Å². The van der Waals surface area contributed by atoms with Crippen LogP contribution in [0.3, 0.4) is 0 Å². The van der Waals surface area contributed by atoms with Gasteiger partial charge in [-0.2, -0.15) is 0 Å². The second kappa shape index (κ2) is 9.57. The molecule has 2 aromatic rings. The van der Waals surface area contributed by atoms with Crippen LogP contribution in [0.1, 0.15) is 91.2 Å². The van der Waals surface area contributed by atoms with Gasteiger partial charge in [0.15, 0.2) is 0 Å². The van der Waals surface area contributed by atoms with Gasteiger partial charge in [0, 0.05) is 0 Å². The van der Waals surface area contributed by atoms with Gasteiger partial charge in [-0.05, 0) is 113 Å². The Balaban J connectivity index is 1.15. The minimum atomic E-state index is 0.901. The molecule has 0 aromatic heterocycles. The van der Waals surface area contributed by atoms with E-state index in [9.17, 15) is 0 Å². The lowest BCUT2D eigenvalue weighted by Gasteiger charge is -2.21. The van der Waals surface area contributed by atoms with Crippen molar-refractivity contribution < 1.29 is 0 Å². The predicted octanol–water partition coefficient (Wildman–Crippen LogP) is 8.99. The largest absolute Gasteiger partial charge is 0.0949 e. The van der Waals surface area contributed by atoms with E-state index < -0.39 is 0 Å². The molecule has 34 heavy (non-hydrogen) atoms. The van der Waals surface area contributed by atoms with Crippen LogP contribution < -0.4 is 0 Å². The molecule has 0 heteroatoms. The van der Waals surface area contributed by atoms with Crippen LogP contribution in [-0.4, -0.2) is 0 Å². The molecule has 4 aliphatic rings. The summed E-state index contributed by atoms with van der Waals surface area (Å²) in [4.78, 5) is 0. The fourth-order valence-corrected chi connectivity index (χ4v) is 6.76. The van der Waals surface area contributed by atoms with Crippen LogP contribution in [0.25, 0.3) is 11.6 Å². The standard InChI is InChI=1S/C34H38/c1-24(28-17-16-27-10-5-6-11-29(27)21-28)18-31-12-7-13-34(31)33-22-30-15-14-26(20-32(30)23-33)19-25-8-3-2-4-9-25/h12-17,20-21,23,25H,1-11,18-19,22H2. The second-order valence-corrected chi connectivity index (χ2v) is 11.1. The molecule has 0 radical (unpaired) electrons. The molecule has 0 atom stereocenters. The van der Waals surface area contributed by atoms with Crippen molar-refractivity contribution in [1.82, 2.24) is 0 Å². The van der Waals surface area contributed by atoms with Gasteiger partial charge in [0.25, 0.3) is 0 Å². The summed E-state index contributed by atoms with van der Waals surface area (Å²) in [6, 6.07) is 14.4. The normalized spacial score (nSPS) is 19.8. The third-order valence-electron chi connectivity index (χ3n) is 8.71. The van der Waals surface area contributed by atoms with Gasteiger partial charge in [0.2, 0.25) is 0 Å². The summed E-state index contributed by atoms with van der Waals surface area (Å²) in [7, 11) is 0. The lowest BCUT2D eigenvalue weighted by atomic mass is 9.84. The van der Waals surface area contributed by atoms with Gasteiger partial charge in [-0.1, -0.05) is 93.3 Å². The van der Waals surface area contributed by atoms with Gasteiger partial charge in [0.1, 0.15) is 0 Å². The van der Waals surface area contributed by atoms with Crippen molar-refractivity contribution in [3.8, 4) is 0 Å². The summed E-state index contributed by atoms with van der Waals surface area (Å²) < 4.78 is 0. The Bertz CT molecular complexity index is 1190. The van der Waals surface area contributed by atoms with E-state index in [1.54, 1.807) is 16.7 Å². The zero-order valence-corrected chi connectivity index (χ0v) is 20.7. The molecule has 0 amide bonds. The lowest BCUT2D eigenvalue weighted by molar-refractivity contribution is 0.356. The smallest absolute Gasteiger partial charge is 0.00137 e. The first-order chi connectivity index (χ1) is 16.7. The van der Waals surface area contributed by atoms with Crippen molar-refractivity contribution in [2.75, 3.05) is 0 Å². The van der Waals surface area contributed by atoms with Crippen molar-refractivity contribution in [3.63, 3.8) is 0 Å². The molecule has 2 aromatic carbocycles. The van der Waals surface area contributed by atoms with Gasteiger partial charge in [-0.15, -0.1) is 0 Å². The quantitative estimate of drug-likeness (QED) is 0.415. The van der Waals surface area contributed by atoms with Gasteiger partial charge in [0.05, 0.1) is 0 Å². The Kier molecular flexibility index (Phi) is 6.16. The van der Waals surface area contributed by atoms with Crippen molar-refractivity contribution in [2.45, 2.75) is 83.5 Å². The number of hydrogen-bond acceptors (Lipinski definition) is 0. The first kappa shape index (κ1) is 21.9.